The van der Waals surface area contributed by atoms with Crippen LogP contribution in [-0.4, -0.2) is 42.5 Å². The molecule has 0 spiro atoms. The predicted octanol–water partition coefficient (Wildman–Crippen LogP) is 3.44. The van der Waals surface area contributed by atoms with E-state index >= 15 is 0 Å². The number of hydrogen-bond donors (Lipinski definition) is 2. The van der Waals surface area contributed by atoms with Crippen LogP contribution in [0.1, 0.15) is 0 Å². The van der Waals surface area contributed by atoms with Gasteiger partial charge in [0.15, 0.2) is 0 Å². The summed E-state index contributed by atoms with van der Waals surface area (Å²) in [5.74, 6) is 0. The minimum atomic E-state index is -4.41. The standard InChI is InChI=1S/C16H13N3O3S.Na.H/c17-16-13-9-5-4-8-12(13)15(23(20,21)22)10-14(16)19-18-11-6-2-1-3-7-11;;/h1-10H,17H2,(H,20,21,22);;/b19-18+;;. The van der Waals surface area contributed by atoms with E-state index in [0.717, 1.165) is 0 Å². The Bertz CT molecular complexity index is 1010. The summed E-state index contributed by atoms with van der Waals surface area (Å²) >= 11 is 0. The Morgan fingerprint density at radius 2 is 1.46 bits per heavy atom. The number of nitrogen functional groups attached to an aromatic ring is 1. The average molecular weight is 351 g/mol. The van der Waals surface area contributed by atoms with E-state index in [1.807, 2.05) is 18.2 Å². The summed E-state index contributed by atoms with van der Waals surface area (Å²) in [6.45, 7) is 0. The number of hydrogen-bond acceptors (Lipinski definition) is 5. The monoisotopic (exact) mass is 351 g/mol. The fraction of sp³-hybridized carbons (Fsp3) is 0. The number of rotatable bonds is 3. The molecule has 118 valence electrons. The summed E-state index contributed by atoms with van der Waals surface area (Å²) < 4.78 is 32.7. The zero-order valence-corrected chi connectivity index (χ0v) is 12.7. The van der Waals surface area contributed by atoms with Crippen LogP contribution in [0.15, 0.2) is 75.8 Å². The third-order valence-corrected chi connectivity index (χ3v) is 4.23. The number of benzene rings is 3. The van der Waals surface area contributed by atoms with Crippen LogP contribution in [0.4, 0.5) is 17.1 Å². The number of fused-ring (bicyclic) bond motifs is 1. The van der Waals surface area contributed by atoms with E-state index in [1.54, 1.807) is 36.4 Å². The summed E-state index contributed by atoms with van der Waals surface area (Å²) in [4.78, 5) is -0.246. The molecular formula is C16H14N3NaO3S. The van der Waals surface area contributed by atoms with Gasteiger partial charge in [-0.3, -0.25) is 4.55 Å². The van der Waals surface area contributed by atoms with Crippen LogP contribution >= 0.6 is 0 Å². The molecule has 0 atom stereocenters. The zero-order chi connectivity index (χ0) is 16.4. The van der Waals surface area contributed by atoms with Crippen LogP contribution in [0.25, 0.3) is 10.8 Å². The summed E-state index contributed by atoms with van der Waals surface area (Å²) in [6, 6.07) is 16.8. The minimum absolute atomic E-state index is 0. The molecule has 0 heterocycles. The fourth-order valence-corrected chi connectivity index (χ4v) is 2.97. The molecule has 3 aromatic rings. The second-order valence-corrected chi connectivity index (χ2v) is 6.25. The first-order chi connectivity index (χ1) is 11.0. The molecule has 0 bridgehead atoms. The molecule has 3 rings (SSSR count). The Balaban J connectivity index is 0.00000208. The third kappa shape index (κ3) is 3.82. The molecule has 0 amide bonds. The van der Waals surface area contributed by atoms with Gasteiger partial charge in [-0.05, 0) is 18.2 Å². The first kappa shape index (κ1) is 18.6. The number of nitrogens with zero attached hydrogens (tertiary/aromatic N) is 2. The van der Waals surface area contributed by atoms with Gasteiger partial charge in [-0.2, -0.15) is 13.5 Å². The molecule has 3 N–H and O–H groups in total. The van der Waals surface area contributed by atoms with E-state index in [4.69, 9.17) is 5.73 Å². The van der Waals surface area contributed by atoms with E-state index in [2.05, 4.69) is 10.2 Å². The van der Waals surface area contributed by atoms with E-state index in [-0.39, 0.29) is 40.1 Å². The van der Waals surface area contributed by atoms with Crippen molar-refractivity contribution in [3.05, 3.63) is 60.7 Å². The Hall–Kier alpha value is -1.77. The number of nitrogens with two attached hydrogens (primary N) is 1. The van der Waals surface area contributed by atoms with Crippen LogP contribution in [0.5, 0.6) is 0 Å². The van der Waals surface area contributed by atoms with Gasteiger partial charge in [-0.15, -0.1) is 5.11 Å². The van der Waals surface area contributed by atoms with Crippen molar-refractivity contribution in [2.45, 2.75) is 4.90 Å². The van der Waals surface area contributed by atoms with Crippen LogP contribution in [0.3, 0.4) is 0 Å². The first-order valence-corrected chi connectivity index (χ1v) is 8.16. The molecule has 0 aliphatic rings. The van der Waals surface area contributed by atoms with Crippen molar-refractivity contribution in [3.8, 4) is 0 Å². The van der Waals surface area contributed by atoms with E-state index in [9.17, 15) is 13.0 Å². The quantitative estimate of drug-likeness (QED) is 0.326. The molecule has 8 heteroatoms. The second-order valence-electron chi connectivity index (χ2n) is 4.86. The van der Waals surface area contributed by atoms with Gasteiger partial charge in [0.05, 0.1) is 11.4 Å². The predicted molar refractivity (Wildman–Crippen MR) is 95.9 cm³/mol. The Morgan fingerprint density at radius 1 is 0.875 bits per heavy atom. The molecule has 0 saturated carbocycles. The van der Waals surface area contributed by atoms with Crippen molar-refractivity contribution in [3.63, 3.8) is 0 Å². The molecule has 0 aliphatic heterocycles. The van der Waals surface area contributed by atoms with Gasteiger partial charge >= 0.3 is 29.6 Å². The summed E-state index contributed by atoms with van der Waals surface area (Å²) in [6.07, 6.45) is 0. The van der Waals surface area contributed by atoms with Gasteiger partial charge in [0.2, 0.25) is 0 Å². The molecule has 0 radical (unpaired) electrons. The second kappa shape index (κ2) is 7.42. The van der Waals surface area contributed by atoms with Gasteiger partial charge in [0, 0.05) is 10.8 Å². The Labute approximate surface area is 161 Å². The van der Waals surface area contributed by atoms with Crippen LogP contribution in [0.2, 0.25) is 0 Å². The summed E-state index contributed by atoms with van der Waals surface area (Å²) in [7, 11) is -4.41. The van der Waals surface area contributed by atoms with E-state index < -0.39 is 10.1 Å². The van der Waals surface area contributed by atoms with E-state index in [0.29, 0.717) is 22.1 Å². The number of anilines is 1. The SMILES string of the molecule is Nc1c(/N=N/c2ccccc2)cc(S(=O)(=O)O)c2ccccc12.[NaH]. The molecule has 0 saturated heterocycles. The van der Waals surface area contributed by atoms with Gasteiger partial charge < -0.3 is 5.73 Å². The van der Waals surface area contributed by atoms with Crippen molar-refractivity contribution in [2.24, 2.45) is 10.2 Å². The third-order valence-electron chi connectivity index (χ3n) is 3.33. The molecule has 3 aromatic carbocycles. The van der Waals surface area contributed by atoms with Gasteiger partial charge in [-0.1, -0.05) is 42.5 Å². The normalized spacial score (nSPS) is 11.5. The first-order valence-electron chi connectivity index (χ1n) is 6.72. The Morgan fingerprint density at radius 3 is 2.08 bits per heavy atom. The molecule has 6 nitrogen and oxygen atoms in total. The Kier molecular flexibility index (Phi) is 5.74. The molecule has 24 heavy (non-hydrogen) atoms. The molecule has 0 fully saturated rings. The van der Waals surface area contributed by atoms with Crippen LogP contribution in [-0.2, 0) is 10.1 Å². The summed E-state index contributed by atoms with van der Waals surface area (Å²) in [5.41, 5.74) is 7.15. The average Bonchev–Trinajstić information content (AvgIpc) is 2.54. The fourth-order valence-electron chi connectivity index (χ4n) is 2.25. The van der Waals surface area contributed by atoms with Crippen molar-refractivity contribution >= 4 is 67.5 Å². The molecule has 0 aromatic heterocycles. The van der Waals surface area contributed by atoms with Gasteiger partial charge in [-0.25, -0.2) is 0 Å². The molecule has 0 aliphatic carbocycles. The van der Waals surface area contributed by atoms with Crippen LogP contribution in [0, 0.1) is 0 Å². The molecule has 0 unspecified atom stereocenters. The van der Waals surface area contributed by atoms with E-state index in [1.165, 1.54) is 6.07 Å². The summed E-state index contributed by atoms with van der Waals surface area (Å²) in [5, 5.41) is 8.89. The number of azo groups is 1. The van der Waals surface area contributed by atoms with Crippen molar-refractivity contribution in [1.82, 2.24) is 0 Å². The van der Waals surface area contributed by atoms with Crippen molar-refractivity contribution in [2.75, 3.05) is 5.73 Å². The topological polar surface area (TPSA) is 105 Å². The van der Waals surface area contributed by atoms with Crippen molar-refractivity contribution < 1.29 is 13.0 Å². The van der Waals surface area contributed by atoms with Crippen LogP contribution < -0.4 is 5.73 Å². The van der Waals surface area contributed by atoms with Gasteiger partial charge in [0.25, 0.3) is 10.1 Å². The maximum atomic E-state index is 11.6. The maximum absolute atomic E-state index is 11.6. The van der Waals surface area contributed by atoms with Gasteiger partial charge in [0.1, 0.15) is 10.6 Å². The van der Waals surface area contributed by atoms with Crippen molar-refractivity contribution in [1.29, 1.82) is 0 Å². The zero-order valence-electron chi connectivity index (χ0n) is 11.9. The molecular weight excluding hydrogens is 337 g/mol.